The minimum absolute atomic E-state index is 0.0591. The zero-order valence-electron chi connectivity index (χ0n) is 13.6. The van der Waals surface area contributed by atoms with E-state index >= 15 is 0 Å². The zero-order chi connectivity index (χ0) is 19.6. The largest absolute Gasteiger partial charge is 0.506 e. The zero-order valence-corrected chi connectivity index (χ0v) is 14.4. The molecule has 4 N–H and O–H groups in total. The molecule has 0 radical (unpaired) electrons. The van der Waals surface area contributed by atoms with Crippen LogP contribution >= 0.6 is 11.6 Å². The molecule has 1 unspecified atom stereocenters. The van der Waals surface area contributed by atoms with Crippen LogP contribution in [0.2, 0.25) is 5.02 Å². The van der Waals surface area contributed by atoms with Gasteiger partial charge in [0.05, 0.1) is 5.56 Å². The maximum Gasteiger partial charge on any atom is 0.342 e. The van der Waals surface area contributed by atoms with Crippen molar-refractivity contribution < 1.29 is 39.2 Å². The minimum atomic E-state index is -1.49. The number of carboxylic acids is 2. The Bertz CT molecular complexity index is 791. The third-order valence-corrected chi connectivity index (χ3v) is 4.19. The first kappa shape index (κ1) is 19.5. The summed E-state index contributed by atoms with van der Waals surface area (Å²) in [5.74, 6) is -5.16. The Morgan fingerprint density at radius 2 is 2.04 bits per heavy atom. The molecule has 26 heavy (non-hydrogen) atoms. The number of amides is 1. The summed E-state index contributed by atoms with van der Waals surface area (Å²) < 4.78 is 5.02. The van der Waals surface area contributed by atoms with Gasteiger partial charge in [0.25, 0.3) is 5.91 Å². The van der Waals surface area contributed by atoms with E-state index in [1.807, 2.05) is 0 Å². The first-order valence-corrected chi connectivity index (χ1v) is 8.00. The van der Waals surface area contributed by atoms with Crippen LogP contribution in [0.3, 0.4) is 0 Å². The number of cyclic esters (lactones) is 1. The number of hydrogen-bond acceptors (Lipinski definition) is 6. The number of ether oxygens (including phenoxy) is 1. The molecule has 140 valence electrons. The Hall–Kier alpha value is -2.81. The number of carboxylic acid groups (broad SMARTS) is 2. The van der Waals surface area contributed by atoms with E-state index in [2.05, 4.69) is 5.32 Å². The average Bonchev–Trinajstić information content (AvgIpc) is 2.53. The second-order valence-corrected chi connectivity index (χ2v) is 6.23. The number of hydrogen-bond donors (Lipinski definition) is 4. The van der Waals surface area contributed by atoms with E-state index in [0.717, 1.165) is 6.07 Å². The fourth-order valence-corrected chi connectivity index (χ4v) is 2.88. The molecule has 0 bridgehead atoms. The van der Waals surface area contributed by atoms with E-state index in [1.165, 1.54) is 0 Å². The van der Waals surface area contributed by atoms with Gasteiger partial charge < -0.3 is 25.4 Å². The molecule has 9 nitrogen and oxygen atoms in total. The number of esters is 1. The van der Waals surface area contributed by atoms with Gasteiger partial charge in [0.15, 0.2) is 0 Å². The average molecular weight is 386 g/mol. The van der Waals surface area contributed by atoms with Crippen LogP contribution in [0.15, 0.2) is 6.07 Å². The number of phenols is 1. The fourth-order valence-electron chi connectivity index (χ4n) is 2.60. The molecule has 10 heteroatoms. The van der Waals surface area contributed by atoms with Gasteiger partial charge in [-0.2, -0.15) is 0 Å². The molecular weight excluding hydrogens is 370 g/mol. The van der Waals surface area contributed by atoms with E-state index in [-0.39, 0.29) is 23.4 Å². The lowest BCUT2D eigenvalue weighted by Gasteiger charge is -2.24. The van der Waals surface area contributed by atoms with Crippen molar-refractivity contribution in [3.05, 3.63) is 27.8 Å². The Morgan fingerprint density at radius 3 is 2.62 bits per heavy atom. The second-order valence-electron chi connectivity index (χ2n) is 5.82. The SMILES string of the molecule is CC1Cc2c(Cl)cc(C(=O)N[C@@H](CCC(=O)O)C(=O)O)c(O)c2C(=O)O1. The lowest BCUT2D eigenvalue weighted by atomic mass is 9.95. The number of aromatic hydroxyl groups is 1. The number of halogens is 1. The number of fused-ring (bicyclic) bond motifs is 1. The van der Waals surface area contributed by atoms with Crippen LogP contribution in [-0.4, -0.2) is 51.3 Å². The Kier molecular flexibility index (Phi) is 5.71. The molecule has 1 aromatic carbocycles. The minimum Gasteiger partial charge on any atom is -0.506 e. The third-order valence-electron chi connectivity index (χ3n) is 3.85. The van der Waals surface area contributed by atoms with Gasteiger partial charge in [-0.3, -0.25) is 9.59 Å². The van der Waals surface area contributed by atoms with Crippen LogP contribution in [0.25, 0.3) is 0 Å². The van der Waals surface area contributed by atoms with Crippen molar-refractivity contribution in [3.63, 3.8) is 0 Å². The summed E-state index contributed by atoms with van der Waals surface area (Å²) in [6.45, 7) is 1.65. The van der Waals surface area contributed by atoms with Crippen molar-refractivity contribution in [1.29, 1.82) is 0 Å². The molecule has 1 heterocycles. The van der Waals surface area contributed by atoms with Crippen LogP contribution in [0.1, 0.15) is 46.0 Å². The van der Waals surface area contributed by atoms with Crippen molar-refractivity contribution in [1.82, 2.24) is 5.32 Å². The molecule has 1 aliphatic heterocycles. The van der Waals surface area contributed by atoms with Gasteiger partial charge in [0, 0.05) is 17.9 Å². The number of phenolic OH excluding ortho intramolecular Hbond substituents is 1. The van der Waals surface area contributed by atoms with Crippen molar-refractivity contribution in [3.8, 4) is 5.75 Å². The van der Waals surface area contributed by atoms with E-state index in [1.54, 1.807) is 6.92 Å². The van der Waals surface area contributed by atoms with Crippen molar-refractivity contribution in [2.24, 2.45) is 0 Å². The molecular formula is C16H16ClNO8. The van der Waals surface area contributed by atoms with Gasteiger partial charge in [-0.05, 0) is 25.0 Å². The van der Waals surface area contributed by atoms with Gasteiger partial charge in [0.1, 0.15) is 23.5 Å². The Morgan fingerprint density at radius 1 is 1.38 bits per heavy atom. The highest BCUT2D eigenvalue weighted by molar-refractivity contribution is 6.32. The summed E-state index contributed by atoms with van der Waals surface area (Å²) in [5.41, 5.74) is -0.301. The predicted molar refractivity (Wildman–Crippen MR) is 87.5 cm³/mol. The fraction of sp³-hybridized carbons (Fsp3) is 0.375. The van der Waals surface area contributed by atoms with E-state index in [9.17, 15) is 24.3 Å². The maximum absolute atomic E-state index is 12.3. The van der Waals surface area contributed by atoms with Crippen LogP contribution in [0, 0.1) is 0 Å². The number of carbonyl (C=O) groups is 4. The summed E-state index contributed by atoms with van der Waals surface area (Å²) in [6, 6.07) is -0.355. The molecule has 0 aromatic heterocycles. The molecule has 0 spiro atoms. The highest BCUT2D eigenvalue weighted by Crippen LogP contribution is 2.36. The highest BCUT2D eigenvalue weighted by atomic mass is 35.5. The number of nitrogens with one attached hydrogen (secondary N) is 1. The highest BCUT2D eigenvalue weighted by Gasteiger charge is 2.33. The molecule has 1 aromatic rings. The summed E-state index contributed by atoms with van der Waals surface area (Å²) >= 11 is 6.10. The molecule has 0 aliphatic carbocycles. The normalized spacial score (nSPS) is 17.0. The summed E-state index contributed by atoms with van der Waals surface area (Å²) in [7, 11) is 0. The van der Waals surface area contributed by atoms with Gasteiger partial charge in [-0.15, -0.1) is 0 Å². The number of carbonyl (C=O) groups excluding carboxylic acids is 2. The molecule has 0 fully saturated rings. The number of aliphatic carboxylic acids is 2. The van der Waals surface area contributed by atoms with Gasteiger partial charge >= 0.3 is 17.9 Å². The lowest BCUT2D eigenvalue weighted by molar-refractivity contribution is -0.140. The summed E-state index contributed by atoms with van der Waals surface area (Å²) in [6.07, 6.45) is -1.02. The number of rotatable bonds is 6. The first-order valence-electron chi connectivity index (χ1n) is 7.62. The van der Waals surface area contributed by atoms with Crippen molar-refractivity contribution in [2.45, 2.75) is 38.3 Å². The monoisotopic (exact) mass is 385 g/mol. The smallest absolute Gasteiger partial charge is 0.342 e. The van der Waals surface area contributed by atoms with Crippen LogP contribution < -0.4 is 5.32 Å². The summed E-state index contributed by atoms with van der Waals surface area (Å²) in [4.78, 5) is 46.1. The molecule has 2 rings (SSSR count). The Labute approximate surface area is 152 Å². The third kappa shape index (κ3) is 4.05. The first-order chi connectivity index (χ1) is 12.1. The summed E-state index contributed by atoms with van der Waals surface area (Å²) in [5, 5.41) is 30.2. The molecule has 0 saturated heterocycles. The van der Waals surface area contributed by atoms with Crippen LogP contribution in [0.5, 0.6) is 5.75 Å². The Balaban J connectivity index is 2.33. The van der Waals surface area contributed by atoms with Crippen molar-refractivity contribution >= 4 is 35.4 Å². The van der Waals surface area contributed by atoms with E-state index < -0.39 is 53.7 Å². The maximum atomic E-state index is 12.3. The van der Waals surface area contributed by atoms with Gasteiger partial charge in [-0.25, -0.2) is 9.59 Å². The van der Waals surface area contributed by atoms with Gasteiger partial charge in [0.2, 0.25) is 0 Å². The predicted octanol–water partition coefficient (Wildman–Crippen LogP) is 1.19. The van der Waals surface area contributed by atoms with Crippen molar-refractivity contribution in [2.75, 3.05) is 0 Å². The van der Waals surface area contributed by atoms with Gasteiger partial charge in [-0.1, -0.05) is 11.6 Å². The van der Waals surface area contributed by atoms with E-state index in [4.69, 9.17) is 26.6 Å². The standard InChI is InChI=1S/C16H16ClNO8/c1-6-4-7-9(17)5-8(13(21)12(7)16(25)26-6)14(22)18-10(15(23)24)2-3-11(19)20/h5-6,10,21H,2-4H2,1H3,(H,18,22)(H,19,20)(H,23,24)/t6?,10-/m0/s1. The number of benzene rings is 1. The van der Waals surface area contributed by atoms with Crippen LogP contribution in [0.4, 0.5) is 0 Å². The topological polar surface area (TPSA) is 150 Å². The molecule has 0 saturated carbocycles. The molecule has 1 amide bonds. The van der Waals surface area contributed by atoms with E-state index in [0.29, 0.717) is 5.56 Å². The molecule has 2 atom stereocenters. The molecule has 1 aliphatic rings. The van der Waals surface area contributed by atoms with Crippen LogP contribution in [-0.2, 0) is 20.7 Å². The second kappa shape index (κ2) is 7.61. The quantitative estimate of drug-likeness (QED) is 0.533. The lowest BCUT2D eigenvalue weighted by Crippen LogP contribution is -2.41.